The number of fused-ring (bicyclic) bond motifs is 3. The molecule has 7 heteroatoms. The Hall–Kier alpha value is -3.58. The van der Waals surface area contributed by atoms with Gasteiger partial charge < -0.3 is 10.1 Å². The molecular formula is C27H26N2O4S. The van der Waals surface area contributed by atoms with Crippen LogP contribution >= 0.6 is 0 Å². The molecule has 1 aliphatic carbocycles. The fourth-order valence-corrected chi connectivity index (χ4v) is 6.07. The van der Waals surface area contributed by atoms with Gasteiger partial charge in [0.2, 0.25) is 0 Å². The molecule has 0 bridgehead atoms. The monoisotopic (exact) mass is 474 g/mol. The first-order chi connectivity index (χ1) is 16.4. The van der Waals surface area contributed by atoms with E-state index in [1.807, 2.05) is 43.3 Å². The molecule has 1 aliphatic heterocycles. The standard InChI is InChI=1S/C27H26N2O4S/c1-17-6-3-4-9-24(17)29-34(31,32)20-14-15-25-23(16-20)21-7-5-8-22(21)26(28-25)18-10-12-19(13-11-18)27(30)33-2/h3-7,9-16,21-22,26,28-29H,8H2,1-2H3/t21-,22+,26+/m1/s1. The van der Waals surface area contributed by atoms with Crippen LogP contribution in [-0.4, -0.2) is 21.5 Å². The number of aryl methyl sites for hydroxylation is 1. The van der Waals surface area contributed by atoms with Crippen LogP contribution in [0.1, 0.15) is 45.4 Å². The number of carbonyl (C=O) groups excluding carboxylic acids is 1. The number of anilines is 2. The van der Waals surface area contributed by atoms with Crippen molar-refractivity contribution in [2.45, 2.75) is 30.2 Å². The van der Waals surface area contributed by atoms with E-state index in [2.05, 4.69) is 22.2 Å². The first-order valence-corrected chi connectivity index (χ1v) is 12.7. The minimum atomic E-state index is -3.72. The average molecular weight is 475 g/mol. The number of rotatable bonds is 5. The Balaban J connectivity index is 1.46. The molecule has 0 saturated heterocycles. The molecule has 0 aromatic heterocycles. The number of ether oxygens (including phenoxy) is 1. The lowest BCUT2D eigenvalue weighted by atomic mass is 9.77. The Bertz CT molecular complexity index is 1380. The normalized spacial score (nSPS) is 20.7. The van der Waals surface area contributed by atoms with Gasteiger partial charge in [0.25, 0.3) is 10.0 Å². The maximum atomic E-state index is 13.1. The van der Waals surface area contributed by atoms with E-state index >= 15 is 0 Å². The highest BCUT2D eigenvalue weighted by Crippen LogP contribution is 2.50. The molecule has 0 unspecified atom stereocenters. The molecule has 0 saturated carbocycles. The quantitative estimate of drug-likeness (QED) is 0.382. The number of benzene rings is 3. The lowest BCUT2D eigenvalue weighted by Gasteiger charge is -2.37. The van der Waals surface area contributed by atoms with Gasteiger partial charge >= 0.3 is 5.97 Å². The minimum absolute atomic E-state index is 0.0479. The van der Waals surface area contributed by atoms with Crippen LogP contribution in [-0.2, 0) is 14.8 Å². The summed E-state index contributed by atoms with van der Waals surface area (Å²) in [6.45, 7) is 1.88. The van der Waals surface area contributed by atoms with E-state index in [0.29, 0.717) is 11.3 Å². The second-order valence-corrected chi connectivity index (χ2v) is 10.4. The number of esters is 1. The van der Waals surface area contributed by atoms with Crippen LogP contribution in [0.4, 0.5) is 11.4 Å². The number of carbonyl (C=O) groups is 1. The number of hydrogen-bond donors (Lipinski definition) is 2. The molecule has 2 N–H and O–H groups in total. The highest BCUT2D eigenvalue weighted by Gasteiger charge is 2.38. The summed E-state index contributed by atoms with van der Waals surface area (Å²) in [6.07, 6.45) is 5.22. The molecule has 5 rings (SSSR count). The minimum Gasteiger partial charge on any atom is -0.465 e. The summed E-state index contributed by atoms with van der Waals surface area (Å²) in [5, 5.41) is 3.61. The molecule has 3 aromatic rings. The van der Waals surface area contributed by atoms with Gasteiger partial charge in [0.15, 0.2) is 0 Å². The van der Waals surface area contributed by atoms with E-state index in [9.17, 15) is 13.2 Å². The third kappa shape index (κ3) is 3.96. The number of para-hydroxylation sites is 1. The highest BCUT2D eigenvalue weighted by molar-refractivity contribution is 7.92. The fraction of sp³-hybridized carbons (Fsp3) is 0.222. The van der Waals surface area contributed by atoms with Crippen molar-refractivity contribution in [2.75, 3.05) is 17.1 Å². The van der Waals surface area contributed by atoms with Gasteiger partial charge in [0.05, 0.1) is 29.3 Å². The van der Waals surface area contributed by atoms with E-state index in [1.54, 1.807) is 30.3 Å². The molecule has 0 amide bonds. The SMILES string of the molecule is COC(=O)c1ccc([C@@H]2Nc3ccc(S(=O)(=O)Nc4ccccc4C)cc3[C@@H]3C=CC[C@@H]32)cc1. The second-order valence-electron chi connectivity index (χ2n) is 8.76. The Kier molecular flexibility index (Phi) is 5.65. The van der Waals surface area contributed by atoms with Crippen molar-refractivity contribution in [2.24, 2.45) is 5.92 Å². The molecule has 3 aromatic carbocycles. The molecule has 34 heavy (non-hydrogen) atoms. The summed E-state index contributed by atoms with van der Waals surface area (Å²) in [5.41, 5.74) is 4.94. The summed E-state index contributed by atoms with van der Waals surface area (Å²) >= 11 is 0. The van der Waals surface area contributed by atoms with Gasteiger partial charge in [-0.1, -0.05) is 42.5 Å². The van der Waals surface area contributed by atoms with Crippen molar-refractivity contribution in [3.05, 3.63) is 101 Å². The molecule has 0 fully saturated rings. The molecule has 1 heterocycles. The lowest BCUT2D eigenvalue weighted by molar-refractivity contribution is 0.0600. The smallest absolute Gasteiger partial charge is 0.337 e. The van der Waals surface area contributed by atoms with Gasteiger partial charge in [-0.15, -0.1) is 0 Å². The first-order valence-electron chi connectivity index (χ1n) is 11.2. The van der Waals surface area contributed by atoms with Crippen molar-refractivity contribution in [1.29, 1.82) is 0 Å². The predicted molar refractivity (Wildman–Crippen MR) is 133 cm³/mol. The Morgan fingerprint density at radius 1 is 1.06 bits per heavy atom. The average Bonchev–Trinajstić information content (AvgIpc) is 3.34. The Morgan fingerprint density at radius 2 is 1.82 bits per heavy atom. The number of nitrogens with one attached hydrogen (secondary N) is 2. The van der Waals surface area contributed by atoms with E-state index in [4.69, 9.17) is 4.74 Å². The van der Waals surface area contributed by atoms with Gasteiger partial charge in [-0.3, -0.25) is 4.72 Å². The number of hydrogen-bond acceptors (Lipinski definition) is 5. The predicted octanol–water partition coefficient (Wildman–Crippen LogP) is 5.41. The molecular weight excluding hydrogens is 448 g/mol. The van der Waals surface area contributed by atoms with Gasteiger partial charge in [-0.25, -0.2) is 13.2 Å². The van der Waals surface area contributed by atoms with Crippen molar-refractivity contribution in [3.8, 4) is 0 Å². The van der Waals surface area contributed by atoms with Crippen LogP contribution < -0.4 is 10.0 Å². The van der Waals surface area contributed by atoms with Gasteiger partial charge in [0, 0.05) is 11.6 Å². The van der Waals surface area contributed by atoms with Crippen molar-refractivity contribution in [1.82, 2.24) is 0 Å². The molecule has 0 radical (unpaired) electrons. The lowest BCUT2D eigenvalue weighted by Crippen LogP contribution is -2.29. The van der Waals surface area contributed by atoms with E-state index in [1.165, 1.54) is 7.11 Å². The number of sulfonamides is 1. The Morgan fingerprint density at radius 3 is 2.56 bits per heavy atom. The highest BCUT2D eigenvalue weighted by atomic mass is 32.2. The van der Waals surface area contributed by atoms with E-state index in [-0.39, 0.29) is 28.7 Å². The zero-order valence-electron chi connectivity index (χ0n) is 19.0. The zero-order chi connectivity index (χ0) is 23.9. The number of methoxy groups -OCH3 is 1. The van der Waals surface area contributed by atoms with Crippen LogP contribution in [0.25, 0.3) is 0 Å². The van der Waals surface area contributed by atoms with Gasteiger partial charge in [-0.2, -0.15) is 0 Å². The first kappa shape index (κ1) is 22.2. The van der Waals surface area contributed by atoms with Crippen LogP contribution in [0.5, 0.6) is 0 Å². The molecule has 3 atom stereocenters. The summed E-state index contributed by atoms with van der Waals surface area (Å²) in [5.74, 6) is -0.00384. The van der Waals surface area contributed by atoms with Crippen LogP contribution in [0.15, 0.2) is 83.8 Å². The molecule has 0 spiro atoms. The maximum Gasteiger partial charge on any atom is 0.337 e. The fourth-order valence-electron chi connectivity index (χ4n) is 4.91. The van der Waals surface area contributed by atoms with Crippen molar-refractivity contribution in [3.63, 3.8) is 0 Å². The van der Waals surface area contributed by atoms with Gasteiger partial charge in [0.1, 0.15) is 0 Å². The van der Waals surface area contributed by atoms with Crippen LogP contribution in [0, 0.1) is 12.8 Å². The van der Waals surface area contributed by atoms with Crippen molar-refractivity contribution >= 4 is 27.4 Å². The van der Waals surface area contributed by atoms with E-state index in [0.717, 1.165) is 28.8 Å². The molecule has 174 valence electrons. The maximum absolute atomic E-state index is 13.1. The summed E-state index contributed by atoms with van der Waals surface area (Å²) in [6, 6.07) is 20.1. The third-order valence-electron chi connectivity index (χ3n) is 6.72. The summed E-state index contributed by atoms with van der Waals surface area (Å²) in [7, 11) is -2.35. The second kappa shape index (κ2) is 8.65. The summed E-state index contributed by atoms with van der Waals surface area (Å²) in [4.78, 5) is 12.0. The van der Waals surface area contributed by atoms with Gasteiger partial charge in [-0.05, 0) is 72.4 Å². The van der Waals surface area contributed by atoms with Crippen molar-refractivity contribution < 1.29 is 17.9 Å². The van der Waals surface area contributed by atoms with Crippen LogP contribution in [0.3, 0.4) is 0 Å². The Labute approximate surface area is 199 Å². The van der Waals surface area contributed by atoms with Crippen LogP contribution in [0.2, 0.25) is 0 Å². The van der Waals surface area contributed by atoms with E-state index < -0.39 is 10.0 Å². The number of allylic oxidation sites excluding steroid dienone is 2. The topological polar surface area (TPSA) is 84.5 Å². The summed E-state index contributed by atoms with van der Waals surface area (Å²) < 4.78 is 33.8. The zero-order valence-corrected chi connectivity index (χ0v) is 19.8. The largest absolute Gasteiger partial charge is 0.465 e. The third-order valence-corrected chi connectivity index (χ3v) is 8.09. The molecule has 2 aliphatic rings. The molecule has 6 nitrogen and oxygen atoms in total.